The monoisotopic (exact) mass is 1600 g/mol. The van der Waals surface area contributed by atoms with E-state index in [1.807, 2.05) is 42.9 Å². The van der Waals surface area contributed by atoms with E-state index in [0.29, 0.717) is 0 Å². The predicted molar refractivity (Wildman–Crippen MR) is 443 cm³/mol. The van der Waals surface area contributed by atoms with Crippen LogP contribution in [-0.2, 0) is 61.0 Å². The SMILES string of the molecule is Cc1ccccc1N1[CH-]N(c2[c-]ccc(C(C)(C)C)c2)c2cccnc21.Cc1ccccc1N1c2cccnc2N2c3cc(C(C)(C)C)ccc3CC12.Cc1ccccc1N1c2ncccc2N2c3ccc(C(C)(C)C)cc3CC21.Cc1ccccc1N1c2nccnc2N2c3ccc(C(C)(C)C)cc3CC12.[Ir]. The number of para-hydroxylation sites is 4. The molecule has 14 heteroatoms. The van der Waals surface area contributed by atoms with E-state index in [1.165, 1.54) is 107 Å². The maximum absolute atomic E-state index is 4.78. The van der Waals surface area contributed by atoms with E-state index in [4.69, 9.17) is 19.9 Å². The first-order valence-corrected chi connectivity index (χ1v) is 37.8. The van der Waals surface area contributed by atoms with E-state index in [1.54, 1.807) is 12.4 Å². The number of hydrogen-bond donors (Lipinski definition) is 0. The summed E-state index contributed by atoms with van der Waals surface area (Å²) >= 11 is 0. The molecular formula is C94H97IrN13-2. The first-order chi connectivity index (χ1) is 51.3. The van der Waals surface area contributed by atoms with E-state index in [9.17, 15) is 0 Å². The van der Waals surface area contributed by atoms with Crippen LogP contribution in [0.2, 0.25) is 0 Å². The molecule has 19 rings (SSSR count). The van der Waals surface area contributed by atoms with Crippen molar-refractivity contribution in [1.82, 2.24) is 24.9 Å². The summed E-state index contributed by atoms with van der Waals surface area (Å²) in [5.74, 6) is 4.96. The zero-order valence-corrected chi connectivity index (χ0v) is 67.5. The van der Waals surface area contributed by atoms with Gasteiger partial charge in [-0.1, -0.05) is 192 Å². The zero-order chi connectivity index (χ0) is 74.6. The van der Waals surface area contributed by atoms with Gasteiger partial charge in [0.2, 0.25) is 0 Å². The molecule has 0 N–H and O–H groups in total. The number of aryl methyl sites for hydroxylation is 4. The van der Waals surface area contributed by atoms with Crippen LogP contribution < -0.4 is 39.2 Å². The maximum atomic E-state index is 4.78. The van der Waals surface area contributed by atoms with Crippen LogP contribution in [0, 0.1) is 40.4 Å². The number of benzene rings is 8. The Morgan fingerprint density at radius 3 is 1.14 bits per heavy atom. The molecule has 3 unspecified atom stereocenters. The molecule has 1 radical (unpaired) electrons. The second-order valence-corrected chi connectivity index (χ2v) is 33.5. The van der Waals surface area contributed by atoms with Gasteiger partial charge in [0.25, 0.3) is 0 Å². The van der Waals surface area contributed by atoms with Crippen molar-refractivity contribution in [3.63, 3.8) is 0 Å². The van der Waals surface area contributed by atoms with Crippen molar-refractivity contribution < 1.29 is 20.1 Å². The van der Waals surface area contributed by atoms with Gasteiger partial charge in [0.15, 0.2) is 23.3 Å². The van der Waals surface area contributed by atoms with Crippen molar-refractivity contribution in [2.45, 2.75) is 170 Å². The minimum atomic E-state index is 0. The molecule has 0 saturated heterocycles. The molecule has 7 aliphatic heterocycles. The van der Waals surface area contributed by atoms with Crippen LogP contribution in [0.25, 0.3) is 0 Å². The molecule has 0 amide bonds. The molecule has 12 aromatic rings. The molecule has 7 aliphatic rings. The topological polar surface area (TPSA) is 90.4 Å². The summed E-state index contributed by atoms with van der Waals surface area (Å²) in [6.07, 6.45) is 12.9. The number of hydrogen-bond acceptors (Lipinski definition) is 13. The van der Waals surface area contributed by atoms with Crippen LogP contribution >= 0.6 is 0 Å². The largest absolute Gasteiger partial charge is 0.492 e. The van der Waals surface area contributed by atoms with Gasteiger partial charge in [-0.05, 0) is 184 Å². The van der Waals surface area contributed by atoms with Crippen molar-refractivity contribution in [3.8, 4) is 0 Å². The average Bonchev–Trinajstić information content (AvgIpc) is 1.57. The summed E-state index contributed by atoms with van der Waals surface area (Å²) in [6.45, 7) is 37.9. The van der Waals surface area contributed by atoms with E-state index in [-0.39, 0.29) is 60.3 Å². The van der Waals surface area contributed by atoms with Crippen LogP contribution in [0.3, 0.4) is 0 Å². The van der Waals surface area contributed by atoms with Gasteiger partial charge in [0.05, 0.1) is 17.1 Å². The summed E-state index contributed by atoms with van der Waals surface area (Å²) in [5, 5.41) is 0. The standard InChI is InChI=1S/2C24H25N3.C23H24N4.C23H23N3.Ir/c1-16-8-5-6-9-19(16)27-22-15-17-14-18(24(2,3)4)11-12-20(17)26(22)21-10-7-13-25-23(21)27;1-16-8-5-6-9-19(16)26-20-10-7-13-25-23(20)27-21-15-18(24(2,3)4)12-11-17(21)14-22(26)27;1-15-7-5-6-8-18(15)26-20-14-16-13-17(23(2,3)4)9-10-19(16)27(20)22-21(26)24-11-12-25-22;1-17-9-5-6-12-20(17)26-16-25(21-13-8-14-24-22(21)26)19-11-7-10-18(15-19)23(2,3)4;/h5-14,22H,15H2,1-4H3;5-13,15,22H,14H2,1-4H3;5-13,20H,14H2,1-4H3;5-10,12-16H,1-4H3;/q;;;-2;. The fourth-order valence-corrected chi connectivity index (χ4v) is 16.3. The Kier molecular flexibility index (Phi) is 19.0. The Labute approximate surface area is 653 Å². The Balaban J connectivity index is 0.000000115. The van der Waals surface area contributed by atoms with Gasteiger partial charge in [-0.2, -0.15) is 23.8 Å². The first-order valence-electron chi connectivity index (χ1n) is 37.8. The van der Waals surface area contributed by atoms with Crippen LogP contribution in [0.5, 0.6) is 0 Å². The quantitative estimate of drug-likeness (QED) is 0.153. The third-order valence-corrected chi connectivity index (χ3v) is 22.1. The second-order valence-electron chi connectivity index (χ2n) is 33.5. The van der Waals surface area contributed by atoms with Crippen molar-refractivity contribution in [2.24, 2.45) is 0 Å². The summed E-state index contributed by atoms with van der Waals surface area (Å²) in [4.78, 5) is 42.4. The van der Waals surface area contributed by atoms with Crippen molar-refractivity contribution in [3.05, 3.63) is 311 Å². The van der Waals surface area contributed by atoms with Crippen molar-refractivity contribution >= 4 is 91.7 Å². The molecule has 13 nitrogen and oxygen atoms in total. The number of nitrogens with zero attached hydrogens (tertiary/aromatic N) is 13. The Morgan fingerprint density at radius 1 is 0.296 bits per heavy atom. The molecule has 8 aromatic carbocycles. The zero-order valence-electron chi connectivity index (χ0n) is 65.1. The van der Waals surface area contributed by atoms with Crippen LogP contribution in [0.4, 0.5) is 91.7 Å². The first kappa shape index (κ1) is 72.9. The third kappa shape index (κ3) is 13.1. The Hall–Kier alpha value is -10.7. The van der Waals surface area contributed by atoms with Crippen molar-refractivity contribution in [2.75, 3.05) is 39.2 Å². The van der Waals surface area contributed by atoms with Gasteiger partial charge >= 0.3 is 0 Å². The summed E-state index contributed by atoms with van der Waals surface area (Å²) in [6, 6.07) is 77.3. The molecule has 4 aromatic heterocycles. The Bertz CT molecular complexity index is 5140. The molecule has 0 spiro atoms. The van der Waals surface area contributed by atoms with Gasteiger partial charge in [0.1, 0.15) is 24.3 Å². The molecule has 0 fully saturated rings. The summed E-state index contributed by atoms with van der Waals surface area (Å²) in [5.41, 5.74) is 28.5. The van der Waals surface area contributed by atoms with Crippen LogP contribution in [0.1, 0.15) is 144 Å². The summed E-state index contributed by atoms with van der Waals surface area (Å²) in [7, 11) is 0. The van der Waals surface area contributed by atoms with E-state index >= 15 is 0 Å². The van der Waals surface area contributed by atoms with Crippen LogP contribution in [-0.4, -0.2) is 43.4 Å². The van der Waals surface area contributed by atoms with Gasteiger partial charge in [-0.15, -0.1) is 18.4 Å². The number of fused-ring (bicyclic) bond motifs is 16. The molecule has 108 heavy (non-hydrogen) atoms. The van der Waals surface area contributed by atoms with Gasteiger partial charge in [-0.3, -0.25) is 0 Å². The minimum absolute atomic E-state index is 0. The molecule has 11 heterocycles. The van der Waals surface area contributed by atoms with E-state index < -0.39 is 0 Å². The predicted octanol–water partition coefficient (Wildman–Crippen LogP) is 22.9. The molecule has 0 aliphatic carbocycles. The third-order valence-electron chi connectivity index (χ3n) is 22.1. The Morgan fingerprint density at radius 2 is 0.648 bits per heavy atom. The fourth-order valence-electron chi connectivity index (χ4n) is 16.3. The normalized spacial score (nSPS) is 16.6. The average molecular weight is 1600 g/mol. The maximum Gasteiger partial charge on any atom is 0.178 e. The number of rotatable bonds is 5. The number of aromatic nitrogens is 5. The van der Waals surface area contributed by atoms with Crippen LogP contribution in [0.15, 0.2) is 237 Å². The summed E-state index contributed by atoms with van der Waals surface area (Å²) < 4.78 is 0. The smallest absolute Gasteiger partial charge is 0.178 e. The molecule has 3 atom stereocenters. The van der Waals surface area contributed by atoms with E-state index in [0.717, 1.165) is 65.4 Å². The van der Waals surface area contributed by atoms with Crippen molar-refractivity contribution in [1.29, 1.82) is 0 Å². The molecule has 0 bridgehead atoms. The molecular weight excluding hydrogens is 1500 g/mol. The molecule has 549 valence electrons. The minimum Gasteiger partial charge on any atom is -0.492 e. The fraction of sp³-hybridized carbons (Fsp3) is 0.277. The van der Waals surface area contributed by atoms with Gasteiger partial charge in [0, 0.05) is 110 Å². The van der Waals surface area contributed by atoms with Gasteiger partial charge in [-0.25, -0.2) is 24.9 Å². The molecule has 0 saturated carbocycles. The van der Waals surface area contributed by atoms with E-state index in [2.05, 4.69) is 350 Å². The number of anilines is 16. The number of pyridine rings is 3. The second kappa shape index (κ2) is 28.2. The van der Waals surface area contributed by atoms with Gasteiger partial charge < -0.3 is 39.2 Å².